The minimum atomic E-state index is 0.734. The van der Waals surface area contributed by atoms with Crippen molar-refractivity contribution in [3.05, 3.63) is 42.5 Å². The van der Waals surface area contributed by atoms with Crippen LogP contribution in [0, 0.1) is 0 Å². The van der Waals surface area contributed by atoms with Crippen molar-refractivity contribution < 1.29 is 0 Å². The highest BCUT2D eigenvalue weighted by Gasteiger charge is 1.99. The topological polar surface area (TPSA) is 50.7 Å². The van der Waals surface area contributed by atoms with Crippen molar-refractivity contribution in [2.24, 2.45) is 0 Å². The van der Waals surface area contributed by atoms with Gasteiger partial charge in [-0.2, -0.15) is 0 Å². The molecule has 0 radical (unpaired) electrons. The van der Waals surface area contributed by atoms with Crippen molar-refractivity contribution >= 4 is 0 Å². The lowest BCUT2D eigenvalue weighted by Crippen LogP contribution is -2.06. The molecular formula is C11H12N4. The van der Waals surface area contributed by atoms with E-state index >= 15 is 0 Å². The maximum Gasteiger partial charge on any atom is 0.159 e. The van der Waals surface area contributed by atoms with Gasteiger partial charge in [0.15, 0.2) is 5.82 Å². The lowest BCUT2D eigenvalue weighted by atomic mass is 10.2. The zero-order valence-electron chi connectivity index (χ0n) is 8.51. The molecule has 2 aromatic rings. The molecule has 0 fully saturated rings. The third kappa shape index (κ3) is 2.35. The Labute approximate surface area is 88.4 Å². The highest BCUT2D eigenvalue weighted by molar-refractivity contribution is 5.53. The first kappa shape index (κ1) is 9.73. The number of nitrogens with one attached hydrogen (secondary N) is 1. The second kappa shape index (κ2) is 4.61. The molecule has 0 atom stereocenters. The van der Waals surface area contributed by atoms with Crippen LogP contribution in [0.5, 0.6) is 0 Å². The number of pyridine rings is 1. The standard InChI is InChI=1S/C11H12N4/c1-12-6-9-7-14-11(15-8-9)10-2-4-13-5-3-10/h2-5,7-8,12H,6H2,1H3. The molecule has 0 saturated carbocycles. The zero-order valence-corrected chi connectivity index (χ0v) is 8.51. The number of rotatable bonds is 3. The van der Waals surface area contributed by atoms with E-state index in [9.17, 15) is 0 Å². The summed E-state index contributed by atoms with van der Waals surface area (Å²) in [5, 5.41) is 3.05. The van der Waals surface area contributed by atoms with Crippen LogP contribution in [-0.2, 0) is 6.54 Å². The van der Waals surface area contributed by atoms with Crippen molar-refractivity contribution in [3.8, 4) is 11.4 Å². The summed E-state index contributed by atoms with van der Waals surface area (Å²) in [5.41, 5.74) is 2.07. The number of hydrogen-bond donors (Lipinski definition) is 1. The average Bonchev–Trinajstić information content (AvgIpc) is 2.32. The summed E-state index contributed by atoms with van der Waals surface area (Å²) in [5.74, 6) is 0.734. The highest BCUT2D eigenvalue weighted by Crippen LogP contribution is 2.11. The quantitative estimate of drug-likeness (QED) is 0.810. The van der Waals surface area contributed by atoms with Crippen LogP contribution in [0.25, 0.3) is 11.4 Å². The smallest absolute Gasteiger partial charge is 0.159 e. The van der Waals surface area contributed by atoms with E-state index in [1.54, 1.807) is 12.4 Å². The van der Waals surface area contributed by atoms with Crippen LogP contribution in [-0.4, -0.2) is 22.0 Å². The molecule has 0 saturated heterocycles. The molecule has 15 heavy (non-hydrogen) atoms. The minimum Gasteiger partial charge on any atom is -0.316 e. The van der Waals surface area contributed by atoms with Crippen LogP contribution in [0.3, 0.4) is 0 Å². The van der Waals surface area contributed by atoms with Crippen molar-refractivity contribution in [1.82, 2.24) is 20.3 Å². The largest absolute Gasteiger partial charge is 0.316 e. The molecule has 0 aliphatic carbocycles. The Hall–Kier alpha value is -1.81. The fraction of sp³-hybridized carbons (Fsp3) is 0.182. The molecular weight excluding hydrogens is 188 g/mol. The predicted molar refractivity (Wildman–Crippen MR) is 58.0 cm³/mol. The SMILES string of the molecule is CNCc1cnc(-c2ccncc2)nc1. The summed E-state index contributed by atoms with van der Waals surface area (Å²) >= 11 is 0. The summed E-state index contributed by atoms with van der Waals surface area (Å²) in [4.78, 5) is 12.5. The lowest BCUT2D eigenvalue weighted by molar-refractivity contribution is 0.807. The van der Waals surface area contributed by atoms with Crippen LogP contribution < -0.4 is 5.32 Å². The molecule has 0 amide bonds. The van der Waals surface area contributed by atoms with E-state index in [4.69, 9.17) is 0 Å². The van der Waals surface area contributed by atoms with Crippen molar-refractivity contribution in [3.63, 3.8) is 0 Å². The van der Waals surface area contributed by atoms with Gasteiger partial charge < -0.3 is 5.32 Å². The van der Waals surface area contributed by atoms with Crippen LogP contribution >= 0.6 is 0 Å². The van der Waals surface area contributed by atoms with Crippen molar-refractivity contribution in [1.29, 1.82) is 0 Å². The molecule has 76 valence electrons. The third-order valence-corrected chi connectivity index (χ3v) is 2.02. The Morgan fingerprint density at radius 2 is 1.80 bits per heavy atom. The van der Waals surface area contributed by atoms with Gasteiger partial charge in [-0.3, -0.25) is 4.98 Å². The predicted octanol–water partition coefficient (Wildman–Crippen LogP) is 1.26. The van der Waals surface area contributed by atoms with Crippen molar-refractivity contribution in [2.45, 2.75) is 6.54 Å². The van der Waals surface area contributed by atoms with E-state index in [1.165, 1.54) is 0 Å². The number of aromatic nitrogens is 3. The van der Waals surface area contributed by atoms with Crippen LogP contribution in [0.4, 0.5) is 0 Å². The maximum absolute atomic E-state index is 4.29. The molecule has 4 nitrogen and oxygen atoms in total. The summed E-state index contributed by atoms with van der Waals surface area (Å²) in [7, 11) is 1.90. The van der Waals surface area contributed by atoms with Gasteiger partial charge in [-0.1, -0.05) is 0 Å². The van der Waals surface area contributed by atoms with Gasteiger partial charge in [0.1, 0.15) is 0 Å². The van der Waals surface area contributed by atoms with E-state index < -0.39 is 0 Å². The fourth-order valence-electron chi connectivity index (χ4n) is 1.30. The van der Waals surface area contributed by atoms with E-state index in [0.29, 0.717) is 0 Å². The molecule has 1 N–H and O–H groups in total. The number of nitrogens with zero attached hydrogens (tertiary/aromatic N) is 3. The first-order chi connectivity index (χ1) is 7.40. The minimum absolute atomic E-state index is 0.734. The van der Waals surface area contributed by atoms with Gasteiger partial charge in [-0.15, -0.1) is 0 Å². The Morgan fingerprint density at radius 3 is 2.40 bits per heavy atom. The average molecular weight is 200 g/mol. The lowest BCUT2D eigenvalue weighted by Gasteiger charge is -2.01. The Morgan fingerprint density at radius 1 is 1.13 bits per heavy atom. The molecule has 0 unspecified atom stereocenters. The van der Waals surface area contributed by atoms with Gasteiger partial charge in [0.25, 0.3) is 0 Å². The van der Waals surface area contributed by atoms with E-state index in [0.717, 1.165) is 23.5 Å². The van der Waals surface area contributed by atoms with E-state index in [2.05, 4.69) is 20.3 Å². The van der Waals surface area contributed by atoms with Gasteiger partial charge in [0.2, 0.25) is 0 Å². The summed E-state index contributed by atoms with van der Waals surface area (Å²) in [6.07, 6.45) is 7.14. The summed E-state index contributed by atoms with van der Waals surface area (Å²) in [6.45, 7) is 0.788. The monoisotopic (exact) mass is 200 g/mol. The van der Waals surface area contributed by atoms with Gasteiger partial charge in [-0.25, -0.2) is 9.97 Å². The summed E-state index contributed by atoms with van der Waals surface area (Å²) in [6, 6.07) is 3.79. The molecule has 2 heterocycles. The van der Waals surface area contributed by atoms with Gasteiger partial charge >= 0.3 is 0 Å². The molecule has 2 aromatic heterocycles. The molecule has 0 spiro atoms. The molecule has 4 heteroatoms. The van der Waals surface area contributed by atoms with Crippen LogP contribution in [0.15, 0.2) is 36.9 Å². The Kier molecular flexibility index (Phi) is 2.99. The fourth-order valence-corrected chi connectivity index (χ4v) is 1.30. The molecule has 2 rings (SSSR count). The second-order valence-electron chi connectivity index (χ2n) is 3.18. The molecule has 0 aliphatic rings. The molecule has 0 aliphatic heterocycles. The van der Waals surface area contributed by atoms with E-state index in [-0.39, 0.29) is 0 Å². The van der Waals surface area contributed by atoms with Crippen LogP contribution in [0.2, 0.25) is 0 Å². The summed E-state index contributed by atoms with van der Waals surface area (Å²) < 4.78 is 0. The maximum atomic E-state index is 4.29. The second-order valence-corrected chi connectivity index (χ2v) is 3.18. The van der Waals surface area contributed by atoms with Crippen LogP contribution in [0.1, 0.15) is 5.56 Å². The van der Waals surface area contributed by atoms with E-state index in [1.807, 2.05) is 31.6 Å². The third-order valence-electron chi connectivity index (χ3n) is 2.02. The zero-order chi connectivity index (χ0) is 10.5. The van der Waals surface area contributed by atoms with Gasteiger partial charge in [0, 0.05) is 42.5 Å². The van der Waals surface area contributed by atoms with Gasteiger partial charge in [-0.05, 0) is 19.2 Å². The molecule has 0 aromatic carbocycles. The number of hydrogen-bond acceptors (Lipinski definition) is 4. The first-order valence-corrected chi connectivity index (χ1v) is 4.76. The molecule has 0 bridgehead atoms. The first-order valence-electron chi connectivity index (χ1n) is 4.76. The normalized spacial score (nSPS) is 10.2. The Balaban J connectivity index is 2.24. The Bertz CT molecular complexity index is 410. The van der Waals surface area contributed by atoms with Crippen molar-refractivity contribution in [2.75, 3.05) is 7.05 Å². The highest BCUT2D eigenvalue weighted by atomic mass is 14.9. The van der Waals surface area contributed by atoms with Gasteiger partial charge in [0.05, 0.1) is 0 Å².